The zero-order valence-electron chi connectivity index (χ0n) is 4.93. The Kier molecular flexibility index (Phi) is 3.88. The van der Waals surface area contributed by atoms with Crippen molar-refractivity contribution in [2.75, 3.05) is 6.61 Å². The number of ether oxygens (including phenoxy) is 1. The Morgan fingerprint density at radius 1 is 1.89 bits per heavy atom. The Morgan fingerprint density at radius 3 is 2.78 bits per heavy atom. The van der Waals surface area contributed by atoms with Gasteiger partial charge in [-0.05, 0) is 6.92 Å². The maximum Gasteiger partial charge on any atom is 0.352 e. The molecule has 0 aliphatic carbocycles. The van der Waals surface area contributed by atoms with Crippen molar-refractivity contribution in [2.45, 2.75) is 6.92 Å². The van der Waals surface area contributed by atoms with Crippen LogP contribution in [0.5, 0.6) is 0 Å². The average molecular weight is 151 g/mol. The van der Waals surface area contributed by atoms with Crippen molar-refractivity contribution in [3.05, 3.63) is 11.3 Å². The van der Waals surface area contributed by atoms with Gasteiger partial charge in [0.1, 0.15) is 6.26 Å². The minimum absolute atomic E-state index is 0.253. The van der Waals surface area contributed by atoms with E-state index in [2.05, 4.69) is 4.74 Å². The van der Waals surface area contributed by atoms with Crippen molar-refractivity contribution >= 4 is 17.6 Å². The van der Waals surface area contributed by atoms with Gasteiger partial charge in [-0.25, -0.2) is 4.79 Å². The van der Waals surface area contributed by atoms with Crippen LogP contribution in [0, 0.1) is 0 Å². The highest BCUT2D eigenvalue weighted by Gasteiger charge is 2.05. The first-order chi connectivity index (χ1) is 4.22. The summed E-state index contributed by atoms with van der Waals surface area (Å²) in [5.41, 5.74) is 0. The van der Waals surface area contributed by atoms with Gasteiger partial charge in [-0.2, -0.15) is 0 Å². The van der Waals surface area contributed by atoms with Crippen LogP contribution >= 0.6 is 11.6 Å². The molecule has 0 fully saturated rings. The molecular weight excluding hydrogens is 144 g/mol. The number of aliphatic hydroxyl groups excluding tert-OH is 1. The molecule has 1 N–H and O–H groups in total. The van der Waals surface area contributed by atoms with Gasteiger partial charge in [-0.3, -0.25) is 0 Å². The molecule has 0 bridgehead atoms. The molecule has 0 saturated heterocycles. The van der Waals surface area contributed by atoms with Crippen LogP contribution in [0.25, 0.3) is 0 Å². The molecule has 4 heteroatoms. The van der Waals surface area contributed by atoms with Crippen LogP contribution in [0.4, 0.5) is 0 Å². The summed E-state index contributed by atoms with van der Waals surface area (Å²) in [4.78, 5) is 10.4. The number of hydrogen-bond acceptors (Lipinski definition) is 3. The third-order valence-electron chi connectivity index (χ3n) is 0.584. The van der Waals surface area contributed by atoms with Gasteiger partial charge < -0.3 is 9.84 Å². The van der Waals surface area contributed by atoms with Crippen molar-refractivity contribution < 1.29 is 14.6 Å². The zero-order chi connectivity index (χ0) is 7.28. The summed E-state index contributed by atoms with van der Waals surface area (Å²) in [6, 6.07) is 0. The van der Waals surface area contributed by atoms with Gasteiger partial charge in [-0.1, -0.05) is 11.6 Å². The number of halogens is 1. The molecule has 0 aliphatic heterocycles. The molecule has 0 saturated carbocycles. The van der Waals surface area contributed by atoms with Crippen molar-refractivity contribution in [3.63, 3.8) is 0 Å². The fourth-order valence-corrected chi connectivity index (χ4v) is 0.307. The number of rotatable bonds is 2. The monoisotopic (exact) mass is 150 g/mol. The van der Waals surface area contributed by atoms with Crippen LogP contribution in [-0.4, -0.2) is 17.7 Å². The lowest BCUT2D eigenvalue weighted by Gasteiger charge is -1.95. The van der Waals surface area contributed by atoms with Crippen LogP contribution in [0.3, 0.4) is 0 Å². The summed E-state index contributed by atoms with van der Waals surface area (Å²) in [6.45, 7) is 1.91. The standard InChI is InChI=1S/C5H7ClO3/c1-2-9-5(8)4(6)3-7/h3,7H,2H2,1H3/b4-3+. The predicted molar refractivity (Wildman–Crippen MR) is 33.2 cm³/mol. The van der Waals surface area contributed by atoms with Gasteiger partial charge in [0.2, 0.25) is 0 Å². The topological polar surface area (TPSA) is 46.5 Å². The average Bonchev–Trinajstić information content (AvgIpc) is 1.87. The molecule has 3 nitrogen and oxygen atoms in total. The van der Waals surface area contributed by atoms with Crippen LogP contribution in [-0.2, 0) is 9.53 Å². The molecule has 0 rings (SSSR count). The molecule has 0 aliphatic rings. The quantitative estimate of drug-likeness (QED) is 0.365. The maximum absolute atomic E-state index is 10.4. The van der Waals surface area contributed by atoms with Gasteiger partial charge in [0, 0.05) is 0 Å². The summed E-state index contributed by atoms with van der Waals surface area (Å²) in [7, 11) is 0. The first kappa shape index (κ1) is 8.30. The van der Waals surface area contributed by atoms with Gasteiger partial charge in [0.15, 0.2) is 5.03 Å². The smallest absolute Gasteiger partial charge is 0.352 e. The molecule has 0 aromatic heterocycles. The second-order valence-electron chi connectivity index (χ2n) is 1.20. The lowest BCUT2D eigenvalue weighted by atomic mass is 10.6. The van der Waals surface area contributed by atoms with Crippen LogP contribution in [0.2, 0.25) is 0 Å². The van der Waals surface area contributed by atoms with Gasteiger partial charge in [0.05, 0.1) is 6.61 Å². The molecule has 0 aromatic rings. The van der Waals surface area contributed by atoms with Crippen molar-refractivity contribution in [2.24, 2.45) is 0 Å². The second-order valence-corrected chi connectivity index (χ2v) is 1.60. The minimum Gasteiger partial charge on any atom is -0.514 e. The Labute approximate surface area is 57.9 Å². The third kappa shape index (κ3) is 2.98. The van der Waals surface area contributed by atoms with Gasteiger partial charge >= 0.3 is 5.97 Å². The summed E-state index contributed by atoms with van der Waals surface area (Å²) in [6.07, 6.45) is 0.500. The highest BCUT2D eigenvalue weighted by molar-refractivity contribution is 6.41. The molecule has 0 radical (unpaired) electrons. The van der Waals surface area contributed by atoms with Crippen molar-refractivity contribution in [3.8, 4) is 0 Å². The first-order valence-electron chi connectivity index (χ1n) is 2.39. The Hall–Kier alpha value is -0.700. The van der Waals surface area contributed by atoms with Crippen LogP contribution in [0.1, 0.15) is 6.92 Å². The number of aliphatic hydroxyl groups is 1. The van der Waals surface area contributed by atoms with E-state index in [1.807, 2.05) is 0 Å². The Bertz CT molecular complexity index is 130. The molecule has 0 aromatic carbocycles. The SMILES string of the molecule is CCOC(=O)/C(Cl)=C\O. The summed E-state index contributed by atoms with van der Waals surface area (Å²) >= 11 is 5.13. The zero-order valence-corrected chi connectivity index (χ0v) is 5.68. The number of hydrogen-bond donors (Lipinski definition) is 1. The fourth-order valence-electron chi connectivity index (χ4n) is 0.253. The van der Waals surface area contributed by atoms with E-state index in [0.29, 0.717) is 6.26 Å². The molecule has 0 spiro atoms. The number of esters is 1. The van der Waals surface area contributed by atoms with E-state index in [1.54, 1.807) is 6.92 Å². The van der Waals surface area contributed by atoms with Crippen LogP contribution in [0.15, 0.2) is 11.3 Å². The molecule has 52 valence electrons. The Morgan fingerprint density at radius 2 is 2.44 bits per heavy atom. The fraction of sp³-hybridized carbons (Fsp3) is 0.400. The molecule has 9 heavy (non-hydrogen) atoms. The normalized spacial score (nSPS) is 11.1. The van der Waals surface area contributed by atoms with E-state index in [0.717, 1.165) is 0 Å². The number of carbonyl (C=O) groups is 1. The van der Waals surface area contributed by atoms with E-state index in [-0.39, 0.29) is 11.6 Å². The first-order valence-corrected chi connectivity index (χ1v) is 2.77. The van der Waals surface area contributed by atoms with E-state index in [9.17, 15) is 4.79 Å². The summed E-state index contributed by atoms with van der Waals surface area (Å²) in [5.74, 6) is -0.707. The number of carbonyl (C=O) groups excluding carboxylic acids is 1. The lowest BCUT2D eigenvalue weighted by Crippen LogP contribution is -2.03. The maximum atomic E-state index is 10.4. The Balaban J connectivity index is 3.74. The van der Waals surface area contributed by atoms with Gasteiger partial charge in [0.25, 0.3) is 0 Å². The third-order valence-corrected chi connectivity index (χ3v) is 0.836. The molecule has 0 amide bonds. The molecular formula is C5H7ClO3. The summed E-state index contributed by atoms with van der Waals surface area (Å²) in [5, 5.41) is 7.83. The molecule has 0 unspecified atom stereocenters. The molecule has 0 heterocycles. The van der Waals surface area contributed by atoms with E-state index in [1.165, 1.54) is 0 Å². The van der Waals surface area contributed by atoms with E-state index >= 15 is 0 Å². The van der Waals surface area contributed by atoms with Crippen molar-refractivity contribution in [1.29, 1.82) is 0 Å². The lowest BCUT2D eigenvalue weighted by molar-refractivity contribution is -0.137. The van der Waals surface area contributed by atoms with Crippen LogP contribution < -0.4 is 0 Å². The predicted octanol–water partition coefficient (Wildman–Crippen LogP) is 1.19. The molecule has 0 atom stereocenters. The van der Waals surface area contributed by atoms with E-state index < -0.39 is 5.97 Å². The second kappa shape index (κ2) is 4.21. The van der Waals surface area contributed by atoms with E-state index in [4.69, 9.17) is 16.7 Å². The van der Waals surface area contributed by atoms with Gasteiger partial charge in [-0.15, -0.1) is 0 Å². The minimum atomic E-state index is -0.707. The highest BCUT2D eigenvalue weighted by atomic mass is 35.5. The highest BCUT2D eigenvalue weighted by Crippen LogP contribution is 2.01. The largest absolute Gasteiger partial charge is 0.514 e. The van der Waals surface area contributed by atoms with Crippen molar-refractivity contribution in [1.82, 2.24) is 0 Å². The summed E-state index contributed by atoms with van der Waals surface area (Å²) < 4.78 is 4.40.